The number of ether oxygens (including phenoxy) is 1. The van der Waals surface area contributed by atoms with Crippen LogP contribution in [0.2, 0.25) is 9.37 Å². The van der Waals surface area contributed by atoms with E-state index in [0.717, 1.165) is 5.41 Å². The van der Waals surface area contributed by atoms with Gasteiger partial charge in [-0.15, -0.1) is 11.3 Å². The number of hydrogen-bond acceptors (Lipinski definition) is 8. The fourth-order valence-electron chi connectivity index (χ4n) is 4.70. The SMILES string of the molecule is CC(C)(C)OC(=O)n1c(CN2C(=O)CN(S(=O)(=O)C=Cc3ccc(Cl)s3)C[C@@H]2C(C)(C)O[Si]C(C)(C)C)cc2cnccc21. The molecule has 3 aromatic rings. The van der Waals surface area contributed by atoms with E-state index in [9.17, 15) is 18.0 Å². The second-order valence-corrected chi connectivity index (χ2v) is 18.7. The van der Waals surface area contributed by atoms with Crippen LogP contribution in [-0.2, 0) is 30.5 Å². The van der Waals surface area contributed by atoms with E-state index in [1.165, 1.54) is 26.3 Å². The molecular formula is C30H39ClN4O6S2Si. The van der Waals surface area contributed by atoms with Crippen molar-refractivity contribution in [2.75, 3.05) is 13.1 Å². The highest BCUT2D eigenvalue weighted by molar-refractivity contribution is 7.92. The number of halogens is 1. The van der Waals surface area contributed by atoms with Crippen LogP contribution in [0.15, 0.2) is 42.1 Å². The minimum atomic E-state index is -3.97. The van der Waals surface area contributed by atoms with Gasteiger partial charge in [0.25, 0.3) is 0 Å². The molecule has 1 saturated heterocycles. The van der Waals surface area contributed by atoms with E-state index >= 15 is 0 Å². The predicted octanol–water partition coefficient (Wildman–Crippen LogP) is 6.18. The van der Waals surface area contributed by atoms with Crippen molar-refractivity contribution < 1.29 is 27.2 Å². The van der Waals surface area contributed by atoms with Crippen molar-refractivity contribution in [3.8, 4) is 0 Å². The monoisotopic (exact) mass is 678 g/mol. The molecule has 0 aliphatic carbocycles. The summed E-state index contributed by atoms with van der Waals surface area (Å²) in [6, 6.07) is 6.27. The number of rotatable bonds is 8. The van der Waals surface area contributed by atoms with Crippen LogP contribution in [0.3, 0.4) is 0 Å². The maximum Gasteiger partial charge on any atom is 0.419 e. The average Bonchev–Trinajstić information content (AvgIpc) is 3.48. The van der Waals surface area contributed by atoms with Crippen LogP contribution in [0.5, 0.6) is 0 Å². The summed E-state index contributed by atoms with van der Waals surface area (Å²) in [5.41, 5.74) is -0.578. The highest BCUT2D eigenvalue weighted by Gasteiger charge is 2.46. The molecule has 4 heterocycles. The summed E-state index contributed by atoms with van der Waals surface area (Å²) in [7, 11) is -3.88. The summed E-state index contributed by atoms with van der Waals surface area (Å²) in [5, 5.41) is 1.67. The van der Waals surface area contributed by atoms with Crippen molar-refractivity contribution in [2.24, 2.45) is 0 Å². The summed E-state index contributed by atoms with van der Waals surface area (Å²) in [6.45, 7) is 14.9. The summed E-state index contributed by atoms with van der Waals surface area (Å²) >= 11 is 7.26. The van der Waals surface area contributed by atoms with Crippen LogP contribution in [0.4, 0.5) is 4.79 Å². The molecule has 0 aromatic carbocycles. The molecule has 1 amide bonds. The first-order chi connectivity index (χ1) is 20.3. The van der Waals surface area contributed by atoms with E-state index in [1.807, 2.05) is 13.8 Å². The number of carbonyl (C=O) groups is 2. The molecule has 2 radical (unpaired) electrons. The predicted molar refractivity (Wildman–Crippen MR) is 175 cm³/mol. The normalized spacial score (nSPS) is 17.6. The first kappa shape index (κ1) is 34.3. The van der Waals surface area contributed by atoms with Crippen molar-refractivity contribution in [3.63, 3.8) is 0 Å². The number of carbonyl (C=O) groups excluding carboxylic acids is 2. The van der Waals surface area contributed by atoms with Gasteiger partial charge in [-0.25, -0.2) is 17.8 Å². The lowest BCUT2D eigenvalue weighted by atomic mass is 9.95. The van der Waals surface area contributed by atoms with Gasteiger partial charge in [0.15, 0.2) is 0 Å². The maximum absolute atomic E-state index is 13.9. The summed E-state index contributed by atoms with van der Waals surface area (Å²) in [4.78, 5) is 33.8. The highest BCUT2D eigenvalue weighted by Crippen LogP contribution is 2.32. The summed E-state index contributed by atoms with van der Waals surface area (Å²) < 4.78 is 42.3. The van der Waals surface area contributed by atoms with E-state index in [-0.39, 0.29) is 34.4 Å². The first-order valence-electron chi connectivity index (χ1n) is 14.1. The number of fused-ring (bicyclic) bond motifs is 1. The largest absolute Gasteiger partial charge is 0.443 e. The number of amides is 1. The van der Waals surface area contributed by atoms with E-state index in [4.69, 9.17) is 20.8 Å². The second kappa shape index (κ2) is 12.7. The lowest BCUT2D eigenvalue weighted by Crippen LogP contribution is -2.64. The Morgan fingerprint density at radius 1 is 1.16 bits per heavy atom. The van der Waals surface area contributed by atoms with Crippen molar-refractivity contribution in [1.29, 1.82) is 0 Å². The number of nitrogens with zero attached hydrogens (tertiary/aromatic N) is 4. The van der Waals surface area contributed by atoms with Gasteiger partial charge in [-0.3, -0.25) is 9.78 Å². The van der Waals surface area contributed by atoms with Crippen molar-refractivity contribution >= 4 is 71.7 Å². The standard InChI is InChI=1S/C30H39ClN4O6S2Si/c1-28(2,3)40-27(37)35-21(15-20-16-32-13-11-23(20)35)17-34-24(30(7,8)41-44-29(4,5)6)18-33(19-26(34)36)43(38,39)14-12-22-9-10-25(31)42-22/h9-16,24H,17-19H2,1-8H3/t24-/m1/s1. The molecular weight excluding hydrogens is 640 g/mol. The van der Waals surface area contributed by atoms with Gasteiger partial charge < -0.3 is 14.1 Å². The lowest BCUT2D eigenvalue weighted by molar-refractivity contribution is -0.145. The van der Waals surface area contributed by atoms with Gasteiger partial charge in [0, 0.05) is 40.3 Å². The Balaban J connectivity index is 1.72. The number of pyridine rings is 1. The third kappa shape index (κ3) is 8.37. The van der Waals surface area contributed by atoms with Crippen LogP contribution in [-0.4, -0.2) is 79.3 Å². The molecule has 0 bridgehead atoms. The zero-order chi connectivity index (χ0) is 32.7. The van der Waals surface area contributed by atoms with Crippen LogP contribution >= 0.6 is 22.9 Å². The molecule has 10 nitrogen and oxygen atoms in total. The topological polar surface area (TPSA) is 111 Å². The molecule has 0 saturated carbocycles. The quantitative estimate of drug-likeness (QED) is 0.262. The Hall–Kier alpha value is -2.55. The molecule has 0 N–H and O–H groups in total. The van der Waals surface area contributed by atoms with Crippen LogP contribution in [0, 0.1) is 0 Å². The van der Waals surface area contributed by atoms with Crippen molar-refractivity contribution in [1.82, 2.24) is 18.8 Å². The van der Waals surface area contributed by atoms with Gasteiger partial charge in [-0.1, -0.05) is 32.4 Å². The maximum atomic E-state index is 13.9. The molecule has 0 spiro atoms. The molecule has 4 rings (SSSR count). The molecule has 1 fully saturated rings. The van der Waals surface area contributed by atoms with E-state index in [1.54, 1.807) is 62.3 Å². The number of piperazine rings is 1. The Bertz CT molecular complexity index is 1670. The zero-order valence-electron chi connectivity index (χ0n) is 26.3. The molecule has 238 valence electrons. The van der Waals surface area contributed by atoms with Gasteiger partial charge in [-0.2, -0.15) is 4.31 Å². The molecule has 0 unspecified atom stereocenters. The van der Waals surface area contributed by atoms with Gasteiger partial charge in [0.2, 0.25) is 25.7 Å². The van der Waals surface area contributed by atoms with Crippen LogP contribution in [0.1, 0.15) is 66.0 Å². The zero-order valence-corrected chi connectivity index (χ0v) is 29.6. The molecule has 1 atom stereocenters. The number of sulfonamides is 1. The first-order valence-corrected chi connectivity index (χ1v) is 17.7. The third-order valence-electron chi connectivity index (χ3n) is 6.75. The van der Waals surface area contributed by atoms with Crippen LogP contribution in [0.25, 0.3) is 17.0 Å². The van der Waals surface area contributed by atoms with Crippen molar-refractivity contribution in [3.05, 3.63) is 57.0 Å². The van der Waals surface area contributed by atoms with Gasteiger partial charge >= 0.3 is 6.09 Å². The van der Waals surface area contributed by atoms with Gasteiger partial charge in [0.05, 0.1) is 34.6 Å². The number of hydrogen-bond donors (Lipinski definition) is 0. The van der Waals surface area contributed by atoms with E-state index in [0.29, 0.717) is 25.8 Å². The highest BCUT2D eigenvalue weighted by atomic mass is 35.5. The molecule has 14 heteroatoms. The second-order valence-electron chi connectivity index (χ2n) is 13.3. The number of thiophene rings is 1. The fourth-order valence-corrected chi connectivity index (χ4v) is 7.58. The van der Waals surface area contributed by atoms with E-state index in [2.05, 4.69) is 25.8 Å². The van der Waals surface area contributed by atoms with Gasteiger partial charge in [-0.05, 0) is 70.0 Å². The Kier molecular flexibility index (Phi) is 9.89. The smallest absolute Gasteiger partial charge is 0.419 e. The molecule has 1 aliphatic rings. The third-order valence-corrected chi connectivity index (χ3v) is 10.7. The number of aromatic nitrogens is 2. The Morgan fingerprint density at radius 2 is 1.86 bits per heavy atom. The minimum Gasteiger partial charge on any atom is -0.443 e. The van der Waals surface area contributed by atoms with Crippen molar-refractivity contribution in [2.45, 2.75) is 84.2 Å². The average molecular weight is 679 g/mol. The minimum absolute atomic E-state index is 0.000541. The molecule has 44 heavy (non-hydrogen) atoms. The van der Waals surface area contributed by atoms with E-state index < -0.39 is 39.3 Å². The fraction of sp³-hybridized carbons (Fsp3) is 0.500. The Morgan fingerprint density at radius 3 is 2.48 bits per heavy atom. The summed E-state index contributed by atoms with van der Waals surface area (Å²) in [5.74, 6) is -0.410. The molecule has 3 aromatic heterocycles. The Labute approximate surface area is 271 Å². The van der Waals surface area contributed by atoms with Crippen LogP contribution < -0.4 is 0 Å². The van der Waals surface area contributed by atoms with Gasteiger partial charge in [0.1, 0.15) is 5.60 Å². The summed E-state index contributed by atoms with van der Waals surface area (Å²) in [6.07, 6.45) is 4.14. The molecule has 1 aliphatic heterocycles. The lowest BCUT2D eigenvalue weighted by Gasteiger charge is -2.47.